The van der Waals surface area contributed by atoms with E-state index in [9.17, 15) is 8.42 Å². The molecule has 3 rings (SSSR count). The van der Waals surface area contributed by atoms with E-state index in [4.69, 9.17) is 5.14 Å². The number of hydrazone groups is 1. The van der Waals surface area contributed by atoms with E-state index in [0.717, 1.165) is 11.4 Å². The van der Waals surface area contributed by atoms with Crippen LogP contribution >= 0.6 is 0 Å². The van der Waals surface area contributed by atoms with Gasteiger partial charge in [0.2, 0.25) is 10.0 Å². The third-order valence-electron chi connectivity index (χ3n) is 3.60. The molecule has 130 valence electrons. The molecule has 3 N–H and O–H groups in total. The van der Waals surface area contributed by atoms with Gasteiger partial charge in [0.1, 0.15) is 5.69 Å². The SMILES string of the molecule is C/C(=N\Nc1ccc(S(N)(=O)=O)cc1)c1nnc2cc(C)nn2c1C. The Bertz CT molecular complexity index is 1070. The topological polar surface area (TPSA) is 128 Å². The summed E-state index contributed by atoms with van der Waals surface area (Å²) in [5.41, 5.74) is 7.07. The van der Waals surface area contributed by atoms with Gasteiger partial charge in [-0.2, -0.15) is 10.2 Å². The lowest BCUT2D eigenvalue weighted by atomic mass is 10.2. The molecule has 3 aromatic rings. The Labute approximate surface area is 144 Å². The van der Waals surface area contributed by atoms with Crippen molar-refractivity contribution >= 4 is 27.1 Å². The molecule has 0 aliphatic heterocycles. The van der Waals surface area contributed by atoms with Gasteiger partial charge in [0, 0.05) is 6.07 Å². The Hall–Kier alpha value is -2.85. The third-order valence-corrected chi connectivity index (χ3v) is 4.53. The van der Waals surface area contributed by atoms with Crippen molar-refractivity contribution in [3.05, 3.63) is 47.4 Å². The van der Waals surface area contributed by atoms with Crippen LogP contribution < -0.4 is 10.6 Å². The van der Waals surface area contributed by atoms with Crippen molar-refractivity contribution in [2.45, 2.75) is 25.7 Å². The van der Waals surface area contributed by atoms with Crippen LogP contribution in [0.2, 0.25) is 0 Å². The van der Waals surface area contributed by atoms with Crippen LogP contribution in [-0.4, -0.2) is 33.9 Å². The van der Waals surface area contributed by atoms with E-state index < -0.39 is 10.0 Å². The van der Waals surface area contributed by atoms with Gasteiger partial charge in [-0.25, -0.2) is 18.1 Å². The van der Waals surface area contributed by atoms with Gasteiger partial charge in [0.05, 0.1) is 27.7 Å². The maximum atomic E-state index is 11.2. The highest BCUT2D eigenvalue weighted by molar-refractivity contribution is 7.89. The number of aryl methyl sites for hydroxylation is 2. The van der Waals surface area contributed by atoms with Gasteiger partial charge < -0.3 is 0 Å². The first-order valence-electron chi connectivity index (χ1n) is 7.39. The van der Waals surface area contributed by atoms with E-state index in [1.165, 1.54) is 12.1 Å². The fraction of sp³-hybridized carbons (Fsp3) is 0.200. The zero-order valence-electron chi connectivity index (χ0n) is 13.9. The number of primary sulfonamides is 1. The van der Waals surface area contributed by atoms with E-state index in [0.29, 0.717) is 22.7 Å². The average molecular weight is 359 g/mol. The van der Waals surface area contributed by atoms with Crippen LogP contribution in [0.4, 0.5) is 5.69 Å². The van der Waals surface area contributed by atoms with Crippen LogP contribution in [0, 0.1) is 13.8 Å². The second-order valence-electron chi connectivity index (χ2n) is 5.57. The minimum atomic E-state index is -3.71. The van der Waals surface area contributed by atoms with Crippen LogP contribution in [-0.2, 0) is 10.0 Å². The summed E-state index contributed by atoms with van der Waals surface area (Å²) in [6.45, 7) is 5.58. The minimum absolute atomic E-state index is 0.0416. The van der Waals surface area contributed by atoms with E-state index in [2.05, 4.69) is 25.8 Å². The molecule has 0 spiro atoms. The fourth-order valence-corrected chi connectivity index (χ4v) is 2.85. The number of nitrogens with one attached hydrogen (secondary N) is 1. The van der Waals surface area contributed by atoms with Crippen molar-refractivity contribution in [3.63, 3.8) is 0 Å². The third kappa shape index (κ3) is 3.49. The van der Waals surface area contributed by atoms with E-state index >= 15 is 0 Å². The summed E-state index contributed by atoms with van der Waals surface area (Å²) in [5.74, 6) is 0. The predicted molar refractivity (Wildman–Crippen MR) is 93.9 cm³/mol. The quantitative estimate of drug-likeness (QED) is 0.532. The van der Waals surface area contributed by atoms with E-state index in [1.807, 2.05) is 19.9 Å². The molecule has 0 saturated heterocycles. The van der Waals surface area contributed by atoms with Crippen molar-refractivity contribution in [3.8, 4) is 0 Å². The second-order valence-corrected chi connectivity index (χ2v) is 7.13. The summed E-state index contributed by atoms with van der Waals surface area (Å²) in [6, 6.07) is 7.82. The van der Waals surface area contributed by atoms with E-state index in [-0.39, 0.29) is 4.90 Å². The minimum Gasteiger partial charge on any atom is -0.278 e. The number of fused-ring (bicyclic) bond motifs is 1. The highest BCUT2D eigenvalue weighted by Gasteiger charge is 2.11. The molecular weight excluding hydrogens is 342 g/mol. The van der Waals surface area contributed by atoms with Crippen molar-refractivity contribution in [2.75, 3.05) is 5.43 Å². The predicted octanol–water partition coefficient (Wildman–Crippen LogP) is 1.22. The molecule has 0 atom stereocenters. The lowest BCUT2D eigenvalue weighted by Gasteiger charge is -2.07. The number of aromatic nitrogens is 4. The van der Waals surface area contributed by atoms with Crippen LogP contribution in [0.5, 0.6) is 0 Å². The molecule has 9 nitrogen and oxygen atoms in total. The first-order chi connectivity index (χ1) is 11.8. The molecule has 2 aromatic heterocycles. The van der Waals surface area contributed by atoms with Gasteiger partial charge in [-0.3, -0.25) is 5.43 Å². The Balaban J connectivity index is 1.85. The molecule has 0 saturated carbocycles. The number of rotatable bonds is 4. The van der Waals surface area contributed by atoms with Crippen LogP contribution in [0.15, 0.2) is 40.3 Å². The van der Waals surface area contributed by atoms with Crippen LogP contribution in [0.3, 0.4) is 0 Å². The number of anilines is 1. The normalized spacial score (nSPS) is 12.6. The molecule has 25 heavy (non-hydrogen) atoms. The number of nitrogens with zero attached hydrogens (tertiary/aromatic N) is 5. The molecular formula is C15H17N7O2S. The van der Waals surface area contributed by atoms with Crippen molar-refractivity contribution < 1.29 is 8.42 Å². The number of hydrogen-bond acceptors (Lipinski definition) is 7. The summed E-state index contributed by atoms with van der Waals surface area (Å²) < 4.78 is 24.2. The molecule has 1 aromatic carbocycles. The lowest BCUT2D eigenvalue weighted by Crippen LogP contribution is -2.12. The highest BCUT2D eigenvalue weighted by Crippen LogP contribution is 2.14. The second kappa shape index (κ2) is 6.22. The fourth-order valence-electron chi connectivity index (χ4n) is 2.33. The Morgan fingerprint density at radius 2 is 1.88 bits per heavy atom. The van der Waals surface area contributed by atoms with Gasteiger partial charge in [0.15, 0.2) is 5.65 Å². The molecule has 0 amide bonds. The summed E-state index contributed by atoms with van der Waals surface area (Å²) in [7, 11) is -3.71. The summed E-state index contributed by atoms with van der Waals surface area (Å²) in [4.78, 5) is 0.0416. The van der Waals surface area contributed by atoms with Gasteiger partial charge in [-0.15, -0.1) is 10.2 Å². The molecule has 0 unspecified atom stereocenters. The monoisotopic (exact) mass is 359 g/mol. The molecule has 0 aliphatic carbocycles. The van der Waals surface area contributed by atoms with Crippen LogP contribution in [0.1, 0.15) is 24.0 Å². The van der Waals surface area contributed by atoms with Crippen molar-refractivity contribution in [1.82, 2.24) is 19.8 Å². The van der Waals surface area contributed by atoms with Crippen molar-refractivity contribution in [1.29, 1.82) is 0 Å². The molecule has 0 aliphatic rings. The van der Waals surface area contributed by atoms with Gasteiger partial charge in [-0.1, -0.05) is 0 Å². The highest BCUT2D eigenvalue weighted by atomic mass is 32.2. The first kappa shape index (κ1) is 17.0. The average Bonchev–Trinajstić information content (AvgIpc) is 2.94. The van der Waals surface area contributed by atoms with E-state index in [1.54, 1.807) is 23.6 Å². The molecule has 0 fully saturated rings. The van der Waals surface area contributed by atoms with Crippen LogP contribution in [0.25, 0.3) is 5.65 Å². The van der Waals surface area contributed by atoms with Crippen molar-refractivity contribution in [2.24, 2.45) is 10.2 Å². The Morgan fingerprint density at radius 3 is 2.52 bits per heavy atom. The maximum Gasteiger partial charge on any atom is 0.238 e. The number of hydrogen-bond donors (Lipinski definition) is 2. The summed E-state index contributed by atoms with van der Waals surface area (Å²) in [5, 5.41) is 22.1. The first-order valence-corrected chi connectivity index (χ1v) is 8.93. The molecule has 10 heteroatoms. The smallest absolute Gasteiger partial charge is 0.238 e. The largest absolute Gasteiger partial charge is 0.278 e. The maximum absolute atomic E-state index is 11.2. The van der Waals surface area contributed by atoms with Gasteiger partial charge in [0.25, 0.3) is 0 Å². The Morgan fingerprint density at radius 1 is 1.20 bits per heavy atom. The lowest BCUT2D eigenvalue weighted by molar-refractivity contribution is 0.598. The molecule has 0 radical (unpaired) electrons. The number of benzene rings is 1. The van der Waals surface area contributed by atoms with Gasteiger partial charge >= 0.3 is 0 Å². The summed E-state index contributed by atoms with van der Waals surface area (Å²) in [6.07, 6.45) is 0. The molecule has 2 heterocycles. The van der Waals surface area contributed by atoms with Gasteiger partial charge in [-0.05, 0) is 45.0 Å². The standard InChI is InChI=1S/C15H17N7O2S/c1-9-8-14-19-20-15(11(3)22(14)21-9)10(2)17-18-12-4-6-13(7-5-12)25(16,23)24/h4-8,18H,1-3H3,(H2,16,23,24)/b17-10+. The zero-order valence-corrected chi connectivity index (χ0v) is 14.7. The zero-order chi connectivity index (χ0) is 18.2. The summed E-state index contributed by atoms with van der Waals surface area (Å²) >= 11 is 0. The number of nitrogens with two attached hydrogens (primary N) is 1. The molecule has 0 bridgehead atoms. The Kier molecular flexibility index (Phi) is 4.23. The number of sulfonamides is 1.